The Labute approximate surface area is 138 Å². The molecule has 1 aromatic carbocycles. The van der Waals surface area contributed by atoms with Crippen LogP contribution in [0.25, 0.3) is 0 Å². The quantitative estimate of drug-likeness (QED) is 0.786. The first-order valence-electron chi connectivity index (χ1n) is 8.55. The largest absolute Gasteiger partial charge is 0.314 e. The van der Waals surface area contributed by atoms with Crippen LogP contribution in [0.1, 0.15) is 47.5 Å². The molecule has 1 aliphatic rings. The highest BCUT2D eigenvalue weighted by molar-refractivity contribution is 6.80. The molecule has 2 rings (SSSR count). The normalized spacial score (nSPS) is 16.6. The lowest BCUT2D eigenvalue weighted by molar-refractivity contribution is 0.457. The molecular formula is C20H31NSi. The van der Waals surface area contributed by atoms with Gasteiger partial charge in [0.05, 0.1) is 0 Å². The van der Waals surface area contributed by atoms with E-state index in [4.69, 9.17) is 0 Å². The van der Waals surface area contributed by atoms with E-state index in [1.807, 2.05) is 0 Å². The standard InChI is InChI=1S/C20H31NSi/c1-16(2)14-17-10-9-13-19(17)22(15-21-20(3,4)5)18-11-7-6-8-12-18/h6-12,16,21-22H,13-15H2,1-5H3. The van der Waals surface area contributed by atoms with Crippen LogP contribution in [0.2, 0.25) is 0 Å². The Morgan fingerprint density at radius 3 is 2.41 bits per heavy atom. The molecule has 1 unspecified atom stereocenters. The van der Waals surface area contributed by atoms with Crippen LogP contribution in [0.15, 0.2) is 53.3 Å². The maximum Gasteiger partial charge on any atom is 0.112 e. The van der Waals surface area contributed by atoms with Crippen molar-refractivity contribution in [1.82, 2.24) is 5.32 Å². The van der Waals surface area contributed by atoms with Crippen molar-refractivity contribution < 1.29 is 0 Å². The first-order valence-corrected chi connectivity index (χ1v) is 10.5. The molecule has 1 nitrogen and oxygen atoms in total. The van der Waals surface area contributed by atoms with Gasteiger partial charge in [0.15, 0.2) is 0 Å². The van der Waals surface area contributed by atoms with Crippen molar-refractivity contribution in [3.63, 3.8) is 0 Å². The van der Waals surface area contributed by atoms with Crippen molar-refractivity contribution in [3.05, 3.63) is 53.3 Å². The molecule has 0 bridgehead atoms. The SMILES string of the molecule is CC(C)CC1=C([SiH](CNC(C)(C)C)c2ccccc2)CC=C1. The monoisotopic (exact) mass is 313 g/mol. The van der Waals surface area contributed by atoms with Gasteiger partial charge in [-0.05, 0) is 45.7 Å². The van der Waals surface area contributed by atoms with Crippen molar-refractivity contribution in [2.75, 3.05) is 6.17 Å². The summed E-state index contributed by atoms with van der Waals surface area (Å²) in [4.78, 5) is 0. The molecular weight excluding hydrogens is 282 g/mol. The third kappa shape index (κ3) is 4.96. The molecule has 0 aromatic heterocycles. The van der Waals surface area contributed by atoms with Crippen LogP contribution < -0.4 is 10.5 Å². The van der Waals surface area contributed by atoms with Crippen molar-refractivity contribution >= 4 is 14.0 Å². The van der Waals surface area contributed by atoms with Crippen molar-refractivity contribution in [2.45, 2.75) is 53.0 Å². The molecule has 0 saturated carbocycles. The summed E-state index contributed by atoms with van der Waals surface area (Å²) >= 11 is 0. The number of nitrogens with one attached hydrogen (secondary N) is 1. The van der Waals surface area contributed by atoms with Gasteiger partial charge in [-0.2, -0.15) is 0 Å². The van der Waals surface area contributed by atoms with E-state index in [0.29, 0.717) is 0 Å². The van der Waals surface area contributed by atoms with Crippen LogP contribution in [-0.4, -0.2) is 20.5 Å². The zero-order valence-corrected chi connectivity index (χ0v) is 16.0. The van der Waals surface area contributed by atoms with E-state index >= 15 is 0 Å². The maximum atomic E-state index is 3.77. The number of benzene rings is 1. The van der Waals surface area contributed by atoms with Crippen molar-refractivity contribution in [1.29, 1.82) is 0 Å². The van der Waals surface area contributed by atoms with E-state index in [1.54, 1.807) is 16.0 Å². The molecule has 0 saturated heterocycles. The van der Waals surface area contributed by atoms with Crippen molar-refractivity contribution in [2.24, 2.45) is 5.92 Å². The number of allylic oxidation sites excluding steroid dienone is 4. The van der Waals surface area contributed by atoms with Crippen LogP contribution >= 0.6 is 0 Å². The summed E-state index contributed by atoms with van der Waals surface area (Å²) in [5, 5.41) is 7.09. The molecule has 0 amide bonds. The number of hydrogen-bond acceptors (Lipinski definition) is 1. The molecule has 0 spiro atoms. The second kappa shape index (κ2) is 7.43. The summed E-state index contributed by atoms with van der Waals surface area (Å²) in [7, 11) is -1.16. The number of hydrogen-bond donors (Lipinski definition) is 1. The van der Waals surface area contributed by atoms with E-state index in [1.165, 1.54) is 12.8 Å². The molecule has 1 aliphatic carbocycles. The molecule has 0 aliphatic heterocycles. The van der Waals surface area contributed by atoms with Gasteiger partial charge in [0.25, 0.3) is 0 Å². The van der Waals surface area contributed by atoms with Gasteiger partial charge in [-0.25, -0.2) is 0 Å². The lowest BCUT2D eigenvalue weighted by Crippen LogP contribution is -2.48. The van der Waals surface area contributed by atoms with Gasteiger partial charge in [-0.15, -0.1) is 0 Å². The minimum absolute atomic E-state index is 0.185. The lowest BCUT2D eigenvalue weighted by atomic mass is 10.0. The fourth-order valence-corrected chi connectivity index (χ4v) is 6.58. The summed E-state index contributed by atoms with van der Waals surface area (Å²) in [6, 6.07) is 11.2. The third-order valence-electron chi connectivity index (χ3n) is 4.16. The van der Waals surface area contributed by atoms with E-state index < -0.39 is 8.80 Å². The highest BCUT2D eigenvalue weighted by atomic mass is 28.3. The van der Waals surface area contributed by atoms with Gasteiger partial charge in [-0.3, -0.25) is 0 Å². The minimum Gasteiger partial charge on any atom is -0.314 e. The smallest absolute Gasteiger partial charge is 0.112 e. The first-order chi connectivity index (χ1) is 10.4. The molecule has 0 radical (unpaired) electrons. The predicted molar refractivity (Wildman–Crippen MR) is 101 cm³/mol. The second-order valence-electron chi connectivity index (χ2n) is 7.85. The summed E-state index contributed by atoms with van der Waals surface area (Å²) < 4.78 is 0. The zero-order chi connectivity index (χ0) is 16.2. The molecule has 1 N–H and O–H groups in total. The van der Waals surface area contributed by atoms with Gasteiger partial charge >= 0.3 is 0 Å². The molecule has 0 fully saturated rings. The van der Waals surface area contributed by atoms with E-state index in [9.17, 15) is 0 Å². The van der Waals surface area contributed by atoms with Crippen LogP contribution in [0, 0.1) is 5.92 Å². The second-order valence-corrected chi connectivity index (χ2v) is 10.7. The van der Waals surface area contributed by atoms with Gasteiger partial charge in [-0.1, -0.05) is 72.3 Å². The van der Waals surface area contributed by atoms with Gasteiger partial charge in [0.2, 0.25) is 0 Å². The Kier molecular flexibility index (Phi) is 5.82. The summed E-state index contributed by atoms with van der Waals surface area (Å²) in [6.45, 7) is 11.4. The fourth-order valence-electron chi connectivity index (χ4n) is 3.11. The van der Waals surface area contributed by atoms with Crippen LogP contribution in [-0.2, 0) is 0 Å². The third-order valence-corrected chi connectivity index (χ3v) is 7.41. The highest BCUT2D eigenvalue weighted by Gasteiger charge is 2.24. The van der Waals surface area contributed by atoms with Crippen LogP contribution in [0.4, 0.5) is 0 Å². The fraction of sp³-hybridized carbons (Fsp3) is 0.500. The van der Waals surface area contributed by atoms with Gasteiger partial charge < -0.3 is 5.32 Å². The summed E-state index contributed by atoms with van der Waals surface area (Å²) in [6.07, 6.45) is 8.28. The average molecular weight is 314 g/mol. The molecule has 1 aromatic rings. The summed E-state index contributed by atoms with van der Waals surface area (Å²) in [5.41, 5.74) is 1.80. The van der Waals surface area contributed by atoms with Crippen molar-refractivity contribution in [3.8, 4) is 0 Å². The summed E-state index contributed by atoms with van der Waals surface area (Å²) in [5.74, 6) is 0.730. The first kappa shape index (κ1) is 17.2. The Balaban J connectivity index is 2.28. The molecule has 120 valence electrons. The van der Waals surface area contributed by atoms with Gasteiger partial charge in [0.1, 0.15) is 8.80 Å². The molecule has 1 atom stereocenters. The van der Waals surface area contributed by atoms with Crippen LogP contribution in [0.3, 0.4) is 0 Å². The molecule has 0 heterocycles. The predicted octanol–water partition coefficient (Wildman–Crippen LogP) is 3.89. The highest BCUT2D eigenvalue weighted by Crippen LogP contribution is 2.26. The minimum atomic E-state index is -1.16. The van der Waals surface area contributed by atoms with E-state index in [-0.39, 0.29) is 5.54 Å². The zero-order valence-electron chi connectivity index (χ0n) is 14.8. The van der Waals surface area contributed by atoms with Crippen LogP contribution in [0.5, 0.6) is 0 Å². The Morgan fingerprint density at radius 1 is 1.14 bits per heavy atom. The molecule has 2 heteroatoms. The molecule has 22 heavy (non-hydrogen) atoms. The Bertz CT molecular complexity index is 535. The Hall–Kier alpha value is -1.12. The van der Waals surface area contributed by atoms with Gasteiger partial charge in [0, 0.05) is 5.54 Å². The topological polar surface area (TPSA) is 12.0 Å². The maximum absolute atomic E-state index is 3.77. The van der Waals surface area contributed by atoms with E-state index in [0.717, 1.165) is 12.1 Å². The number of rotatable bonds is 6. The lowest BCUT2D eigenvalue weighted by Gasteiger charge is -2.27. The Morgan fingerprint density at radius 2 is 1.82 bits per heavy atom. The average Bonchev–Trinajstić information content (AvgIpc) is 2.86. The van der Waals surface area contributed by atoms with E-state index in [2.05, 4.69) is 82.4 Å².